The van der Waals surface area contributed by atoms with E-state index in [0.29, 0.717) is 46.1 Å². The van der Waals surface area contributed by atoms with Gasteiger partial charge in [0.1, 0.15) is 0 Å². The Kier molecular flexibility index (Phi) is 38.2. The van der Waals surface area contributed by atoms with Gasteiger partial charge in [-0.1, -0.05) is 247 Å². The molecule has 9 nitrogen and oxygen atoms in total. The van der Waals surface area contributed by atoms with Crippen molar-refractivity contribution in [3.8, 4) is 34.5 Å². The molecule has 456 valence electrons. The van der Waals surface area contributed by atoms with Crippen molar-refractivity contribution >= 4 is 39.9 Å². The predicted molar refractivity (Wildman–Crippen MR) is 342 cm³/mol. The molecule has 80 heavy (non-hydrogen) atoms. The van der Waals surface area contributed by atoms with E-state index in [0.717, 1.165) is 170 Å². The lowest BCUT2D eigenvalue weighted by atomic mass is 9.93. The highest BCUT2D eigenvalue weighted by Gasteiger charge is 2.21. The molecule has 4 aromatic rings. The molecule has 0 aliphatic rings. The maximum absolute atomic E-state index is 11.2. The van der Waals surface area contributed by atoms with Crippen molar-refractivity contribution in [2.24, 2.45) is 0 Å². The molecule has 4 aromatic carbocycles. The van der Waals surface area contributed by atoms with Crippen molar-refractivity contribution < 1.29 is 42.8 Å². The molecule has 0 spiro atoms. The molecule has 0 aliphatic carbocycles. The molecule has 10 heteroatoms. The Bertz CT molecular complexity index is 2180. The molecule has 0 fully saturated rings. The molecule has 0 aliphatic heterocycles. The van der Waals surface area contributed by atoms with E-state index in [1.807, 2.05) is 0 Å². The van der Waals surface area contributed by atoms with Gasteiger partial charge in [-0.15, -0.1) is 0 Å². The Balaban J connectivity index is 1.78. The van der Waals surface area contributed by atoms with Crippen LogP contribution in [0, 0.1) is 0 Å². The number of unbranched alkanes of at least 4 members (excludes halogenated alkanes) is 34. The normalized spacial score (nSPS) is 11.8. The summed E-state index contributed by atoms with van der Waals surface area (Å²) in [4.78, 5) is 18.3. The zero-order valence-corrected chi connectivity index (χ0v) is 52.8. The summed E-state index contributed by atoms with van der Waals surface area (Å²) in [5.74, 6) is 4.82. The van der Waals surface area contributed by atoms with Gasteiger partial charge in [0.05, 0.1) is 39.6 Å². The van der Waals surface area contributed by atoms with Gasteiger partial charge < -0.3 is 38.2 Å². The Hall–Kier alpha value is -3.39. The van der Waals surface area contributed by atoms with Gasteiger partial charge in [-0.3, -0.25) is 4.57 Å². The Morgan fingerprint density at radius 1 is 0.250 bits per heavy atom. The first kappa shape index (κ1) is 69.1. The number of fused-ring (bicyclic) bond motifs is 6. The summed E-state index contributed by atoms with van der Waals surface area (Å²) < 4.78 is 52.1. The van der Waals surface area contributed by atoms with Crippen LogP contribution in [-0.4, -0.2) is 55.6 Å². The second kappa shape index (κ2) is 44.2. The summed E-state index contributed by atoms with van der Waals surface area (Å²) in [5, 5.41) is 6.64. The lowest BCUT2D eigenvalue weighted by Crippen LogP contribution is -2.05. The topological polar surface area (TPSA) is 113 Å². The minimum absolute atomic E-state index is 0.00510. The predicted octanol–water partition coefficient (Wildman–Crippen LogP) is 22.3. The van der Waals surface area contributed by atoms with Crippen molar-refractivity contribution in [1.82, 2.24) is 0 Å². The van der Waals surface area contributed by atoms with Crippen molar-refractivity contribution in [3.63, 3.8) is 0 Å². The Morgan fingerprint density at radius 3 is 0.562 bits per heavy atom. The highest BCUT2D eigenvalue weighted by Crippen LogP contribution is 2.47. The van der Waals surface area contributed by atoms with Crippen LogP contribution in [0.5, 0.6) is 34.5 Å². The Morgan fingerprint density at radius 2 is 0.400 bits per heavy atom. The van der Waals surface area contributed by atoms with Crippen LogP contribution in [-0.2, 0) is 4.57 Å². The third-order valence-corrected chi connectivity index (χ3v) is 16.9. The monoisotopic (exact) mass is 1130 g/mol. The van der Waals surface area contributed by atoms with Gasteiger partial charge in [0.15, 0.2) is 34.5 Å². The number of hydrogen-bond acceptors (Lipinski definition) is 7. The summed E-state index contributed by atoms with van der Waals surface area (Å²) in [7, 11) is -3.88. The lowest BCUT2D eigenvalue weighted by Gasteiger charge is -2.21. The average molecular weight is 1130 g/mol. The van der Waals surface area contributed by atoms with Gasteiger partial charge in [0, 0.05) is 6.16 Å². The molecular formula is C70H117O9P. The fourth-order valence-corrected chi connectivity index (χ4v) is 11.7. The van der Waals surface area contributed by atoms with E-state index in [9.17, 15) is 4.57 Å². The second-order valence-electron chi connectivity index (χ2n) is 23.4. The van der Waals surface area contributed by atoms with Gasteiger partial charge in [-0.2, -0.15) is 0 Å². The summed E-state index contributed by atoms with van der Waals surface area (Å²) in [5.41, 5.74) is 0. The minimum atomic E-state index is -3.88. The van der Waals surface area contributed by atoms with Crippen molar-refractivity contribution in [2.75, 3.05) is 45.8 Å². The standard InChI is InChI=1S/C70H117O9P/c1-6-11-16-21-32-39-46-74-65-53-59-60-54-66(75-47-40-33-22-17-12-7-2)68(77-49-42-35-24-19-14-9-4)56-62(60)64-58-70(79-51-44-37-30-28-26-27-29-31-38-45-52-80(71,72)73)69(78-50-43-36-25-20-15-10-5)57-63(64)61(59)55-67(65)76-48-41-34-23-18-13-8-3/h53-58H,6-52H2,1-5H3,(H2,71,72,73). The molecule has 0 atom stereocenters. The van der Waals surface area contributed by atoms with Crippen LogP contribution in [0.1, 0.15) is 291 Å². The van der Waals surface area contributed by atoms with Gasteiger partial charge >= 0.3 is 7.60 Å². The summed E-state index contributed by atoms with van der Waals surface area (Å²) >= 11 is 0. The summed E-state index contributed by atoms with van der Waals surface area (Å²) in [6, 6.07) is 13.5. The molecule has 0 bridgehead atoms. The first-order valence-electron chi connectivity index (χ1n) is 33.6. The Labute approximate surface area is 488 Å². The fourth-order valence-electron chi connectivity index (χ4n) is 11.0. The van der Waals surface area contributed by atoms with E-state index in [1.165, 1.54) is 148 Å². The van der Waals surface area contributed by atoms with Crippen LogP contribution >= 0.6 is 7.60 Å². The quantitative estimate of drug-likeness (QED) is 0.0253. The average Bonchev–Trinajstić information content (AvgIpc) is 3.48. The molecule has 0 radical (unpaired) electrons. The van der Waals surface area contributed by atoms with Gasteiger partial charge in [0.2, 0.25) is 0 Å². The van der Waals surface area contributed by atoms with E-state index in [1.54, 1.807) is 0 Å². The van der Waals surface area contributed by atoms with Gasteiger partial charge in [-0.05, 0) is 114 Å². The molecule has 0 aromatic heterocycles. The van der Waals surface area contributed by atoms with E-state index in [-0.39, 0.29) is 6.16 Å². The van der Waals surface area contributed by atoms with Crippen LogP contribution in [0.3, 0.4) is 0 Å². The number of hydrogen-bond donors (Lipinski definition) is 2. The maximum Gasteiger partial charge on any atom is 0.325 e. The SMILES string of the molecule is CCCCCCCCOc1cc2c3cc(OCCCCCCCC)c(OCCCCCCCC)cc3c3cc(OCCCCCCCCCCCCP(=O)(O)O)c(OCCCCCCCC)cc3c2cc1OCCCCCCCC. The maximum atomic E-state index is 11.2. The van der Waals surface area contributed by atoms with E-state index in [4.69, 9.17) is 38.2 Å². The van der Waals surface area contributed by atoms with Crippen LogP contribution in [0.15, 0.2) is 36.4 Å². The van der Waals surface area contributed by atoms with Crippen molar-refractivity contribution in [2.45, 2.75) is 291 Å². The molecule has 0 unspecified atom stereocenters. The molecule has 4 rings (SSSR count). The highest BCUT2D eigenvalue weighted by atomic mass is 31.2. The zero-order valence-electron chi connectivity index (χ0n) is 51.9. The van der Waals surface area contributed by atoms with E-state index < -0.39 is 7.60 Å². The zero-order chi connectivity index (χ0) is 57.1. The fraction of sp³-hybridized carbons (Fsp3) is 0.743. The van der Waals surface area contributed by atoms with Crippen LogP contribution in [0.2, 0.25) is 0 Å². The number of benzene rings is 4. The summed E-state index contributed by atoms with van der Waals surface area (Å²) in [6.07, 6.45) is 46.5. The van der Waals surface area contributed by atoms with E-state index >= 15 is 0 Å². The molecular weight excluding hydrogens is 1020 g/mol. The first-order valence-corrected chi connectivity index (χ1v) is 35.4. The third-order valence-electron chi connectivity index (χ3n) is 16.0. The molecule has 2 N–H and O–H groups in total. The second-order valence-corrected chi connectivity index (χ2v) is 25.2. The van der Waals surface area contributed by atoms with Crippen LogP contribution in [0.4, 0.5) is 0 Å². The van der Waals surface area contributed by atoms with Crippen LogP contribution < -0.4 is 28.4 Å². The van der Waals surface area contributed by atoms with Gasteiger partial charge in [-0.25, -0.2) is 0 Å². The number of ether oxygens (including phenoxy) is 6. The van der Waals surface area contributed by atoms with E-state index in [2.05, 4.69) is 71.0 Å². The minimum Gasteiger partial charge on any atom is -0.490 e. The van der Waals surface area contributed by atoms with Crippen molar-refractivity contribution in [3.05, 3.63) is 36.4 Å². The molecule has 0 saturated heterocycles. The molecule has 0 saturated carbocycles. The largest absolute Gasteiger partial charge is 0.490 e. The lowest BCUT2D eigenvalue weighted by molar-refractivity contribution is 0.258. The van der Waals surface area contributed by atoms with Crippen LogP contribution in [0.25, 0.3) is 32.3 Å². The highest BCUT2D eigenvalue weighted by molar-refractivity contribution is 7.51. The smallest absolute Gasteiger partial charge is 0.325 e. The third kappa shape index (κ3) is 28.7. The van der Waals surface area contributed by atoms with Crippen molar-refractivity contribution in [1.29, 1.82) is 0 Å². The first-order chi connectivity index (χ1) is 39.2. The molecule has 0 heterocycles. The van der Waals surface area contributed by atoms with Gasteiger partial charge in [0.25, 0.3) is 0 Å². The molecule has 0 amide bonds. The number of rotatable bonds is 54. The summed E-state index contributed by atoms with van der Waals surface area (Å²) in [6.45, 7) is 15.2.